The SMILES string of the molecule is O=C1N=Cc2cccc(Nc3cccc(-c4nncn4C4CCOCC4)n3)c21. The highest BCUT2D eigenvalue weighted by molar-refractivity contribution is 6.16. The molecule has 0 atom stereocenters. The molecule has 2 aliphatic heterocycles. The van der Waals surface area contributed by atoms with Gasteiger partial charge in [-0.3, -0.25) is 4.79 Å². The first-order valence-electron chi connectivity index (χ1n) is 9.23. The van der Waals surface area contributed by atoms with Crippen molar-refractivity contribution in [1.82, 2.24) is 19.7 Å². The quantitative estimate of drug-likeness (QED) is 0.754. The van der Waals surface area contributed by atoms with Crippen LogP contribution in [0, 0.1) is 0 Å². The third kappa shape index (κ3) is 2.97. The number of aromatic nitrogens is 4. The van der Waals surface area contributed by atoms with E-state index in [4.69, 9.17) is 9.72 Å². The van der Waals surface area contributed by atoms with E-state index < -0.39 is 0 Å². The Balaban J connectivity index is 1.45. The molecule has 1 N–H and O–H groups in total. The summed E-state index contributed by atoms with van der Waals surface area (Å²) in [7, 11) is 0. The first kappa shape index (κ1) is 16.8. The van der Waals surface area contributed by atoms with Gasteiger partial charge in [-0.25, -0.2) is 9.98 Å². The lowest BCUT2D eigenvalue weighted by Gasteiger charge is -2.24. The number of ether oxygens (including phenoxy) is 1. The van der Waals surface area contributed by atoms with Crippen molar-refractivity contribution >= 4 is 23.6 Å². The van der Waals surface area contributed by atoms with Gasteiger partial charge in [-0.15, -0.1) is 10.2 Å². The third-order valence-electron chi connectivity index (χ3n) is 5.03. The van der Waals surface area contributed by atoms with Crippen LogP contribution in [0.1, 0.15) is 34.8 Å². The fraction of sp³-hybridized carbons (Fsp3) is 0.250. The summed E-state index contributed by atoms with van der Waals surface area (Å²) in [4.78, 5) is 20.6. The van der Waals surface area contributed by atoms with Crippen LogP contribution in [-0.4, -0.2) is 45.1 Å². The second kappa shape index (κ2) is 6.97. The number of benzene rings is 1. The highest BCUT2D eigenvalue weighted by Crippen LogP contribution is 2.29. The highest BCUT2D eigenvalue weighted by Gasteiger charge is 2.22. The smallest absolute Gasteiger partial charge is 0.279 e. The lowest BCUT2D eigenvalue weighted by atomic mass is 10.1. The molecule has 0 aliphatic carbocycles. The van der Waals surface area contributed by atoms with Crippen LogP contribution in [0.25, 0.3) is 11.5 Å². The topological polar surface area (TPSA) is 94.3 Å². The molecule has 2 aromatic heterocycles. The van der Waals surface area contributed by atoms with Gasteiger partial charge in [0.25, 0.3) is 5.91 Å². The Hall–Kier alpha value is -3.39. The Morgan fingerprint density at radius 2 is 1.96 bits per heavy atom. The van der Waals surface area contributed by atoms with Crippen molar-refractivity contribution in [3.63, 3.8) is 0 Å². The van der Waals surface area contributed by atoms with Gasteiger partial charge in [-0.05, 0) is 31.0 Å². The summed E-state index contributed by atoms with van der Waals surface area (Å²) in [6.45, 7) is 1.49. The van der Waals surface area contributed by atoms with E-state index in [2.05, 4.69) is 25.1 Å². The molecule has 0 radical (unpaired) electrons. The van der Waals surface area contributed by atoms with Gasteiger partial charge >= 0.3 is 0 Å². The van der Waals surface area contributed by atoms with E-state index in [-0.39, 0.29) is 5.91 Å². The number of nitrogens with one attached hydrogen (secondary N) is 1. The van der Waals surface area contributed by atoms with Crippen molar-refractivity contribution in [2.45, 2.75) is 18.9 Å². The number of carbonyl (C=O) groups excluding carboxylic acids is 1. The molecule has 0 saturated carbocycles. The molecule has 8 heteroatoms. The Bertz CT molecular complexity index is 1070. The van der Waals surface area contributed by atoms with Crippen LogP contribution in [0.5, 0.6) is 0 Å². The van der Waals surface area contributed by atoms with E-state index in [9.17, 15) is 4.79 Å². The van der Waals surface area contributed by atoms with Crippen LogP contribution >= 0.6 is 0 Å². The van der Waals surface area contributed by atoms with Crippen LogP contribution in [-0.2, 0) is 4.74 Å². The van der Waals surface area contributed by atoms with Gasteiger partial charge in [0.1, 0.15) is 17.8 Å². The molecule has 0 spiro atoms. The van der Waals surface area contributed by atoms with Crippen molar-refractivity contribution < 1.29 is 9.53 Å². The fourth-order valence-electron chi connectivity index (χ4n) is 3.64. The molecule has 0 bridgehead atoms. The molecule has 4 heterocycles. The normalized spacial score (nSPS) is 16.4. The van der Waals surface area contributed by atoms with Crippen molar-refractivity contribution in [3.05, 3.63) is 53.9 Å². The molecule has 1 amide bonds. The maximum atomic E-state index is 12.1. The summed E-state index contributed by atoms with van der Waals surface area (Å²) in [5, 5.41) is 11.6. The molecule has 8 nitrogen and oxygen atoms in total. The number of amides is 1. The first-order chi connectivity index (χ1) is 13.8. The van der Waals surface area contributed by atoms with Crippen LogP contribution in [0.4, 0.5) is 11.5 Å². The maximum absolute atomic E-state index is 12.1. The second-order valence-electron chi connectivity index (χ2n) is 6.77. The van der Waals surface area contributed by atoms with Gasteiger partial charge in [0.15, 0.2) is 5.82 Å². The lowest BCUT2D eigenvalue weighted by molar-refractivity contribution is 0.0699. The number of fused-ring (bicyclic) bond motifs is 1. The van der Waals surface area contributed by atoms with Gasteiger partial charge in [-0.2, -0.15) is 0 Å². The van der Waals surface area contributed by atoms with Crippen molar-refractivity contribution in [2.24, 2.45) is 4.99 Å². The lowest BCUT2D eigenvalue weighted by Crippen LogP contribution is -2.20. The number of pyridine rings is 1. The van der Waals surface area contributed by atoms with Crippen LogP contribution in [0.2, 0.25) is 0 Å². The minimum atomic E-state index is -0.242. The Morgan fingerprint density at radius 1 is 1.11 bits per heavy atom. The summed E-state index contributed by atoms with van der Waals surface area (Å²) >= 11 is 0. The summed E-state index contributed by atoms with van der Waals surface area (Å²) in [6, 6.07) is 11.6. The van der Waals surface area contributed by atoms with Crippen molar-refractivity contribution in [1.29, 1.82) is 0 Å². The summed E-state index contributed by atoms with van der Waals surface area (Å²) in [5.41, 5.74) is 2.80. The predicted molar refractivity (Wildman–Crippen MR) is 104 cm³/mol. The molecule has 0 unspecified atom stereocenters. The molecule has 140 valence electrons. The number of aliphatic imine (C=N–C) groups is 1. The zero-order chi connectivity index (χ0) is 18.9. The number of carbonyl (C=O) groups is 1. The van der Waals surface area contributed by atoms with Gasteiger partial charge in [0.2, 0.25) is 0 Å². The maximum Gasteiger partial charge on any atom is 0.279 e. The van der Waals surface area contributed by atoms with E-state index in [1.165, 1.54) is 0 Å². The predicted octanol–water partition coefficient (Wildman–Crippen LogP) is 3.01. The Morgan fingerprint density at radius 3 is 2.86 bits per heavy atom. The van der Waals surface area contributed by atoms with Crippen LogP contribution in [0.15, 0.2) is 47.7 Å². The van der Waals surface area contributed by atoms with Gasteiger partial charge in [-0.1, -0.05) is 18.2 Å². The molecular weight excluding hydrogens is 356 g/mol. The molecule has 5 rings (SSSR count). The van der Waals surface area contributed by atoms with Crippen molar-refractivity contribution in [2.75, 3.05) is 18.5 Å². The van der Waals surface area contributed by atoms with Crippen LogP contribution in [0.3, 0.4) is 0 Å². The molecule has 1 saturated heterocycles. The largest absolute Gasteiger partial charge is 0.381 e. The van der Waals surface area contributed by atoms with E-state index in [1.807, 2.05) is 36.4 Å². The molecule has 1 fully saturated rings. The molecule has 1 aromatic carbocycles. The number of hydrogen-bond donors (Lipinski definition) is 1. The van der Waals surface area contributed by atoms with Gasteiger partial charge in [0.05, 0.1) is 11.3 Å². The molecule has 2 aliphatic rings. The summed E-state index contributed by atoms with van der Waals surface area (Å²) in [6.07, 6.45) is 5.21. The number of rotatable bonds is 4. The van der Waals surface area contributed by atoms with Gasteiger partial charge < -0.3 is 14.6 Å². The zero-order valence-corrected chi connectivity index (χ0v) is 15.1. The summed E-state index contributed by atoms with van der Waals surface area (Å²) < 4.78 is 7.53. The van der Waals surface area contributed by atoms with Gasteiger partial charge in [0, 0.05) is 31.0 Å². The first-order valence-corrected chi connectivity index (χ1v) is 9.23. The standard InChI is InChI=1S/C20H18N6O2/c27-20-18-13(11-21-20)3-1-4-15(18)23-17-6-2-5-16(24-17)19-25-22-12-26(19)14-7-9-28-10-8-14/h1-6,11-12,14H,7-10H2,(H,23,24). The van der Waals surface area contributed by atoms with E-state index in [0.717, 1.165) is 43.1 Å². The van der Waals surface area contributed by atoms with E-state index >= 15 is 0 Å². The fourth-order valence-corrected chi connectivity index (χ4v) is 3.64. The number of nitrogens with zero attached hydrogens (tertiary/aromatic N) is 5. The Kier molecular flexibility index (Phi) is 4.17. The molecule has 3 aromatic rings. The highest BCUT2D eigenvalue weighted by atomic mass is 16.5. The summed E-state index contributed by atoms with van der Waals surface area (Å²) in [5.74, 6) is 1.12. The number of anilines is 2. The van der Waals surface area contributed by atoms with Crippen molar-refractivity contribution in [3.8, 4) is 11.5 Å². The third-order valence-corrected chi connectivity index (χ3v) is 5.03. The molecule has 28 heavy (non-hydrogen) atoms. The minimum Gasteiger partial charge on any atom is -0.381 e. The monoisotopic (exact) mass is 374 g/mol. The van der Waals surface area contributed by atoms with E-state index in [1.54, 1.807) is 12.5 Å². The van der Waals surface area contributed by atoms with Crippen LogP contribution < -0.4 is 5.32 Å². The Labute approximate surface area is 161 Å². The number of hydrogen-bond acceptors (Lipinski definition) is 6. The zero-order valence-electron chi connectivity index (χ0n) is 15.1. The molecular formula is C20H18N6O2. The second-order valence-corrected chi connectivity index (χ2v) is 6.77. The minimum absolute atomic E-state index is 0.242. The van der Waals surface area contributed by atoms with E-state index in [0.29, 0.717) is 23.1 Å². The average molecular weight is 374 g/mol. The average Bonchev–Trinajstić information content (AvgIpc) is 3.37.